The monoisotopic (exact) mass is 260 g/mol. The summed E-state index contributed by atoms with van der Waals surface area (Å²) in [5.74, 6) is 0.413. The fourth-order valence-corrected chi connectivity index (χ4v) is 1.80. The van der Waals surface area contributed by atoms with Crippen molar-refractivity contribution in [3.8, 4) is 5.75 Å². The van der Waals surface area contributed by atoms with Gasteiger partial charge in [-0.15, -0.1) is 0 Å². The van der Waals surface area contributed by atoms with Crippen molar-refractivity contribution in [1.82, 2.24) is 4.98 Å². The molecule has 0 radical (unpaired) electrons. The molecule has 0 saturated heterocycles. The van der Waals surface area contributed by atoms with E-state index in [-0.39, 0.29) is 18.0 Å². The normalized spacial score (nSPS) is 12.5. The lowest BCUT2D eigenvalue weighted by Crippen LogP contribution is -2.13. The maximum Gasteiger partial charge on any atom is 0.138 e. The molecule has 2 N–H and O–H groups in total. The minimum Gasteiger partial charge on any atom is -0.489 e. The van der Waals surface area contributed by atoms with Gasteiger partial charge in [0.15, 0.2) is 0 Å². The van der Waals surface area contributed by atoms with Gasteiger partial charge in [-0.3, -0.25) is 4.98 Å². The van der Waals surface area contributed by atoms with Gasteiger partial charge >= 0.3 is 0 Å². The quantitative estimate of drug-likeness (QED) is 0.919. The van der Waals surface area contributed by atoms with Gasteiger partial charge in [0.25, 0.3) is 0 Å². The second-order valence-corrected chi connectivity index (χ2v) is 4.65. The average molecular weight is 260 g/mol. The Kier molecular flexibility index (Phi) is 4.12. The van der Waals surface area contributed by atoms with Crippen LogP contribution in [0.4, 0.5) is 4.39 Å². The first-order chi connectivity index (χ1) is 9.06. The van der Waals surface area contributed by atoms with Crippen molar-refractivity contribution in [3.05, 3.63) is 59.7 Å². The molecule has 1 aromatic heterocycles. The predicted molar refractivity (Wildman–Crippen MR) is 72.4 cm³/mol. The fourth-order valence-electron chi connectivity index (χ4n) is 1.80. The second kappa shape index (κ2) is 5.80. The summed E-state index contributed by atoms with van der Waals surface area (Å²) in [5, 5.41) is 0. The van der Waals surface area contributed by atoms with E-state index in [0.717, 1.165) is 11.1 Å². The van der Waals surface area contributed by atoms with Gasteiger partial charge < -0.3 is 10.5 Å². The highest BCUT2D eigenvalue weighted by atomic mass is 19.1. The maximum absolute atomic E-state index is 12.9. The molecule has 1 unspecified atom stereocenters. The van der Waals surface area contributed by atoms with Crippen LogP contribution in [-0.2, 0) is 0 Å². The van der Waals surface area contributed by atoms with Crippen molar-refractivity contribution in [1.29, 1.82) is 0 Å². The lowest BCUT2D eigenvalue weighted by Gasteiger charge is -2.15. The molecule has 0 aliphatic rings. The Hall–Kier alpha value is -1.94. The highest BCUT2D eigenvalue weighted by Gasteiger charge is 2.11. The third-order valence-corrected chi connectivity index (χ3v) is 2.69. The lowest BCUT2D eigenvalue weighted by atomic mass is 10.0. The number of ether oxygens (including phenoxy) is 1. The first-order valence-electron chi connectivity index (χ1n) is 6.19. The number of hydrogen-bond donors (Lipinski definition) is 1. The van der Waals surface area contributed by atoms with E-state index >= 15 is 0 Å². The minimum absolute atomic E-state index is 0.0825. The molecule has 0 amide bonds. The van der Waals surface area contributed by atoms with Gasteiger partial charge in [-0.25, -0.2) is 4.39 Å². The molecule has 100 valence electrons. The highest BCUT2D eigenvalue weighted by Crippen LogP contribution is 2.22. The summed E-state index contributed by atoms with van der Waals surface area (Å²) >= 11 is 0. The van der Waals surface area contributed by atoms with Crippen LogP contribution in [0.15, 0.2) is 42.7 Å². The van der Waals surface area contributed by atoms with Crippen molar-refractivity contribution < 1.29 is 9.13 Å². The molecule has 0 spiro atoms. The van der Waals surface area contributed by atoms with Crippen molar-refractivity contribution in [3.63, 3.8) is 0 Å². The summed E-state index contributed by atoms with van der Waals surface area (Å²) in [5.41, 5.74) is 7.82. The molecule has 0 fully saturated rings. The Morgan fingerprint density at radius 2 is 1.79 bits per heavy atom. The second-order valence-electron chi connectivity index (χ2n) is 4.65. The Bertz CT molecular complexity index is 540. The molecular weight excluding hydrogens is 243 g/mol. The molecule has 4 heteroatoms. The summed E-state index contributed by atoms with van der Waals surface area (Å²) in [6.45, 7) is 3.90. The zero-order valence-electron chi connectivity index (χ0n) is 11.0. The number of rotatable bonds is 4. The van der Waals surface area contributed by atoms with Crippen LogP contribution in [0.25, 0.3) is 0 Å². The van der Waals surface area contributed by atoms with Gasteiger partial charge in [-0.2, -0.15) is 0 Å². The van der Waals surface area contributed by atoms with Gasteiger partial charge in [0, 0.05) is 6.20 Å². The van der Waals surface area contributed by atoms with Gasteiger partial charge in [0.1, 0.15) is 11.6 Å². The number of benzene rings is 1. The first kappa shape index (κ1) is 13.5. The van der Waals surface area contributed by atoms with Crippen LogP contribution in [0, 0.1) is 5.82 Å². The van der Waals surface area contributed by atoms with E-state index in [1.54, 1.807) is 24.5 Å². The highest BCUT2D eigenvalue weighted by molar-refractivity contribution is 5.33. The fraction of sp³-hybridized carbons (Fsp3) is 0.267. The van der Waals surface area contributed by atoms with E-state index in [4.69, 9.17) is 10.5 Å². The Balaban J connectivity index is 2.23. The molecule has 0 aliphatic heterocycles. The topological polar surface area (TPSA) is 48.1 Å². The van der Waals surface area contributed by atoms with E-state index in [0.29, 0.717) is 5.75 Å². The van der Waals surface area contributed by atoms with Crippen molar-refractivity contribution in [2.45, 2.75) is 26.0 Å². The number of nitrogens with zero attached hydrogens (tertiary/aromatic N) is 1. The largest absolute Gasteiger partial charge is 0.489 e. The van der Waals surface area contributed by atoms with Crippen molar-refractivity contribution >= 4 is 0 Å². The minimum atomic E-state index is -0.344. The van der Waals surface area contributed by atoms with E-state index in [1.807, 2.05) is 19.9 Å². The Labute approximate surface area is 112 Å². The molecule has 1 atom stereocenters. The SMILES string of the molecule is CC(C)Oc1cncc(C(N)c2ccc(F)cc2)c1. The standard InChI is InChI=1S/C15H17FN2O/c1-10(2)19-14-7-12(8-18-9-14)15(17)11-3-5-13(16)6-4-11/h3-10,15H,17H2,1-2H3. The van der Waals surface area contributed by atoms with Crippen LogP contribution in [0.5, 0.6) is 5.75 Å². The number of hydrogen-bond acceptors (Lipinski definition) is 3. The van der Waals surface area contributed by atoms with Gasteiger partial charge in [-0.05, 0) is 43.2 Å². The van der Waals surface area contributed by atoms with Crippen LogP contribution in [0.1, 0.15) is 31.0 Å². The van der Waals surface area contributed by atoms with Crippen LogP contribution in [-0.4, -0.2) is 11.1 Å². The first-order valence-corrected chi connectivity index (χ1v) is 6.19. The zero-order valence-corrected chi connectivity index (χ0v) is 11.0. The van der Waals surface area contributed by atoms with E-state index in [9.17, 15) is 4.39 Å². The Morgan fingerprint density at radius 3 is 2.42 bits per heavy atom. The lowest BCUT2D eigenvalue weighted by molar-refractivity contribution is 0.241. The molecule has 0 aliphatic carbocycles. The third kappa shape index (κ3) is 3.51. The van der Waals surface area contributed by atoms with Crippen LogP contribution < -0.4 is 10.5 Å². The average Bonchev–Trinajstić information content (AvgIpc) is 2.38. The molecule has 2 rings (SSSR count). The molecular formula is C15H17FN2O. The molecule has 1 heterocycles. The molecule has 1 aromatic carbocycles. The molecule has 19 heavy (non-hydrogen) atoms. The summed E-state index contributed by atoms with van der Waals surface area (Å²) < 4.78 is 18.5. The predicted octanol–water partition coefficient (Wildman–Crippen LogP) is 3.06. The van der Waals surface area contributed by atoms with Crippen LogP contribution in [0.2, 0.25) is 0 Å². The van der Waals surface area contributed by atoms with Gasteiger partial charge in [-0.1, -0.05) is 12.1 Å². The molecule has 0 bridgehead atoms. The molecule has 0 saturated carbocycles. The van der Waals surface area contributed by atoms with Crippen molar-refractivity contribution in [2.24, 2.45) is 5.73 Å². The summed E-state index contributed by atoms with van der Waals surface area (Å²) in [6, 6.07) is 7.67. The van der Waals surface area contributed by atoms with E-state index in [2.05, 4.69) is 4.98 Å². The van der Waals surface area contributed by atoms with Gasteiger partial charge in [0.05, 0.1) is 18.3 Å². The zero-order chi connectivity index (χ0) is 13.8. The number of pyridine rings is 1. The summed E-state index contributed by atoms with van der Waals surface area (Å²) in [6.07, 6.45) is 3.43. The Morgan fingerprint density at radius 1 is 1.11 bits per heavy atom. The molecule has 2 aromatic rings. The van der Waals surface area contributed by atoms with Gasteiger partial charge in [0.2, 0.25) is 0 Å². The van der Waals surface area contributed by atoms with E-state index < -0.39 is 0 Å². The number of nitrogens with two attached hydrogens (primary N) is 1. The smallest absolute Gasteiger partial charge is 0.138 e. The van der Waals surface area contributed by atoms with Crippen LogP contribution >= 0.6 is 0 Å². The summed E-state index contributed by atoms with van der Waals surface area (Å²) in [7, 11) is 0. The third-order valence-electron chi connectivity index (χ3n) is 2.69. The number of halogens is 1. The van der Waals surface area contributed by atoms with Crippen LogP contribution in [0.3, 0.4) is 0 Å². The number of aromatic nitrogens is 1. The van der Waals surface area contributed by atoms with Crippen molar-refractivity contribution in [2.75, 3.05) is 0 Å². The van der Waals surface area contributed by atoms with E-state index in [1.165, 1.54) is 12.1 Å². The molecule has 3 nitrogen and oxygen atoms in total. The maximum atomic E-state index is 12.9. The summed E-state index contributed by atoms with van der Waals surface area (Å²) in [4.78, 5) is 4.12.